The lowest BCUT2D eigenvalue weighted by Gasteiger charge is -2.44. The van der Waals surface area contributed by atoms with Crippen molar-refractivity contribution in [2.45, 2.75) is 57.0 Å². The Hall–Kier alpha value is -1.08. The number of carbonyl (C=O) groups excluding carboxylic acids is 1. The predicted octanol–water partition coefficient (Wildman–Crippen LogP) is 1.41. The number of nitrogens with zero attached hydrogens (tertiary/aromatic N) is 2. The number of hydrogen-bond donors (Lipinski definition) is 1. The van der Waals surface area contributed by atoms with Crippen LogP contribution >= 0.6 is 0 Å². The third-order valence-corrected chi connectivity index (χ3v) is 4.15. The molecule has 0 aromatic carbocycles. The van der Waals surface area contributed by atoms with Gasteiger partial charge in [0.25, 0.3) is 0 Å². The van der Waals surface area contributed by atoms with Gasteiger partial charge in [-0.1, -0.05) is 12.8 Å². The van der Waals surface area contributed by atoms with Gasteiger partial charge in [0.2, 0.25) is 5.91 Å². The van der Waals surface area contributed by atoms with E-state index in [0.717, 1.165) is 19.4 Å². The Morgan fingerprint density at radius 2 is 2.06 bits per heavy atom. The summed E-state index contributed by atoms with van der Waals surface area (Å²) in [6.07, 6.45) is 7.37. The quantitative estimate of drug-likeness (QED) is 0.786. The minimum atomic E-state index is -0.624. The van der Waals surface area contributed by atoms with Gasteiger partial charge in [0.05, 0.1) is 18.5 Å². The Morgan fingerprint density at radius 3 is 2.82 bits per heavy atom. The zero-order chi connectivity index (χ0) is 12.3. The van der Waals surface area contributed by atoms with E-state index < -0.39 is 6.04 Å². The lowest BCUT2D eigenvalue weighted by molar-refractivity contribution is -0.138. The van der Waals surface area contributed by atoms with Gasteiger partial charge < -0.3 is 10.6 Å². The largest absolute Gasteiger partial charge is 0.338 e. The molecule has 1 saturated heterocycles. The van der Waals surface area contributed by atoms with Gasteiger partial charge in [-0.05, 0) is 31.6 Å². The van der Waals surface area contributed by atoms with Crippen molar-refractivity contribution in [1.82, 2.24) is 4.90 Å². The Bertz CT molecular complexity index is 321. The molecular formula is C13H21N3O. The van der Waals surface area contributed by atoms with Crippen LogP contribution in [0, 0.1) is 17.2 Å². The molecule has 2 fully saturated rings. The van der Waals surface area contributed by atoms with Gasteiger partial charge in [-0.15, -0.1) is 0 Å². The summed E-state index contributed by atoms with van der Waals surface area (Å²) in [5.74, 6) is 0.666. The molecule has 2 N–H and O–H groups in total. The number of carbonyl (C=O) groups is 1. The van der Waals surface area contributed by atoms with Crippen molar-refractivity contribution in [2.75, 3.05) is 6.54 Å². The van der Waals surface area contributed by atoms with E-state index in [4.69, 9.17) is 11.0 Å². The maximum atomic E-state index is 12.2. The predicted molar refractivity (Wildman–Crippen MR) is 64.9 cm³/mol. The number of hydrogen-bond acceptors (Lipinski definition) is 3. The van der Waals surface area contributed by atoms with Gasteiger partial charge in [0.1, 0.15) is 0 Å². The van der Waals surface area contributed by atoms with Gasteiger partial charge in [0.15, 0.2) is 0 Å². The van der Waals surface area contributed by atoms with Crippen LogP contribution in [0.25, 0.3) is 0 Å². The third kappa shape index (κ3) is 2.61. The van der Waals surface area contributed by atoms with Crippen molar-refractivity contribution in [3.63, 3.8) is 0 Å². The summed E-state index contributed by atoms with van der Waals surface area (Å²) in [5.41, 5.74) is 5.77. The highest BCUT2D eigenvalue weighted by Crippen LogP contribution is 2.35. The van der Waals surface area contributed by atoms with Crippen LogP contribution in [0.2, 0.25) is 0 Å². The summed E-state index contributed by atoms with van der Waals surface area (Å²) < 4.78 is 0. The van der Waals surface area contributed by atoms with Crippen LogP contribution < -0.4 is 5.73 Å². The molecule has 17 heavy (non-hydrogen) atoms. The zero-order valence-electron chi connectivity index (χ0n) is 10.3. The molecule has 1 amide bonds. The van der Waals surface area contributed by atoms with Gasteiger partial charge in [-0.25, -0.2) is 0 Å². The van der Waals surface area contributed by atoms with Crippen LogP contribution in [0.3, 0.4) is 0 Å². The molecule has 0 aromatic rings. The number of nitriles is 1. The van der Waals surface area contributed by atoms with Crippen molar-refractivity contribution in [2.24, 2.45) is 11.7 Å². The molecule has 2 rings (SSSR count). The summed E-state index contributed by atoms with van der Waals surface area (Å²) in [4.78, 5) is 14.2. The number of amides is 1. The van der Waals surface area contributed by atoms with E-state index in [2.05, 4.69) is 0 Å². The zero-order valence-corrected chi connectivity index (χ0v) is 10.3. The Morgan fingerprint density at radius 1 is 1.35 bits per heavy atom. The van der Waals surface area contributed by atoms with Crippen LogP contribution in [-0.4, -0.2) is 29.4 Å². The number of likely N-dealkylation sites (tertiary alicyclic amines) is 1. The summed E-state index contributed by atoms with van der Waals surface area (Å²) in [7, 11) is 0. The lowest BCUT2D eigenvalue weighted by Crippen LogP contribution is -2.54. The van der Waals surface area contributed by atoms with Crippen LogP contribution in [0.4, 0.5) is 0 Å². The molecule has 1 aliphatic heterocycles. The summed E-state index contributed by atoms with van der Waals surface area (Å²) in [5, 5.41) is 8.62. The first-order valence-corrected chi connectivity index (χ1v) is 6.67. The van der Waals surface area contributed by atoms with E-state index in [0.29, 0.717) is 12.0 Å². The summed E-state index contributed by atoms with van der Waals surface area (Å²) in [6.45, 7) is 0.832. The number of nitrogens with two attached hydrogens (primary N) is 1. The highest BCUT2D eigenvalue weighted by molar-refractivity contribution is 5.82. The van der Waals surface area contributed by atoms with Crippen LogP contribution in [0.1, 0.15) is 44.9 Å². The van der Waals surface area contributed by atoms with Gasteiger partial charge in [-0.3, -0.25) is 4.79 Å². The molecule has 4 heteroatoms. The van der Waals surface area contributed by atoms with E-state index in [1.165, 1.54) is 25.7 Å². The van der Waals surface area contributed by atoms with Crippen LogP contribution in [0.15, 0.2) is 0 Å². The van der Waals surface area contributed by atoms with E-state index in [9.17, 15) is 4.79 Å². The number of piperidine rings is 1. The van der Waals surface area contributed by atoms with E-state index in [1.54, 1.807) is 0 Å². The Kier molecular flexibility index (Phi) is 4.01. The second kappa shape index (κ2) is 5.50. The average Bonchev–Trinajstić information content (AvgIpc) is 2.37. The lowest BCUT2D eigenvalue weighted by atomic mass is 9.78. The highest BCUT2D eigenvalue weighted by atomic mass is 16.2. The van der Waals surface area contributed by atoms with Gasteiger partial charge >= 0.3 is 0 Å². The van der Waals surface area contributed by atoms with Crippen molar-refractivity contribution < 1.29 is 4.79 Å². The molecule has 2 aliphatic rings. The normalized spacial score (nSPS) is 30.2. The molecule has 0 spiro atoms. The van der Waals surface area contributed by atoms with E-state index in [-0.39, 0.29) is 12.3 Å². The fraction of sp³-hybridized carbons (Fsp3) is 0.846. The van der Waals surface area contributed by atoms with Crippen molar-refractivity contribution in [3.05, 3.63) is 0 Å². The number of fused-ring (bicyclic) bond motifs is 1. The van der Waals surface area contributed by atoms with Crippen molar-refractivity contribution in [1.29, 1.82) is 5.26 Å². The number of rotatable bonds is 2. The monoisotopic (exact) mass is 235 g/mol. The topological polar surface area (TPSA) is 70.1 Å². The molecule has 94 valence electrons. The maximum absolute atomic E-state index is 12.2. The molecular weight excluding hydrogens is 214 g/mol. The molecule has 0 aromatic heterocycles. The second-order valence-corrected chi connectivity index (χ2v) is 5.25. The first-order chi connectivity index (χ1) is 8.24. The van der Waals surface area contributed by atoms with Crippen LogP contribution in [0.5, 0.6) is 0 Å². The van der Waals surface area contributed by atoms with E-state index in [1.807, 2.05) is 11.0 Å². The average molecular weight is 235 g/mol. The molecule has 0 unspecified atom stereocenters. The first-order valence-electron chi connectivity index (χ1n) is 6.67. The van der Waals surface area contributed by atoms with Crippen molar-refractivity contribution in [3.8, 4) is 6.07 Å². The summed E-state index contributed by atoms with van der Waals surface area (Å²) in [6, 6.07) is 1.76. The first kappa shape index (κ1) is 12.4. The minimum Gasteiger partial charge on any atom is -0.338 e. The standard InChI is InChI=1S/C13H21N3O/c14-8-7-11(15)13(17)16-9-3-5-10-4-1-2-6-12(10)16/h10-12H,1-7,9,15H2/t10-,11-,12+/m1/s1. The molecule has 1 aliphatic carbocycles. The highest BCUT2D eigenvalue weighted by Gasteiger charge is 2.36. The van der Waals surface area contributed by atoms with Gasteiger partial charge in [-0.2, -0.15) is 5.26 Å². The minimum absolute atomic E-state index is 0.0110. The molecule has 0 bridgehead atoms. The molecule has 1 saturated carbocycles. The fourth-order valence-electron chi connectivity index (χ4n) is 3.30. The molecule has 3 atom stereocenters. The Balaban J connectivity index is 2.03. The third-order valence-electron chi connectivity index (χ3n) is 4.15. The SMILES string of the molecule is N#CC[C@@H](N)C(=O)N1CCC[C@H]2CCCC[C@@H]21. The van der Waals surface area contributed by atoms with Crippen molar-refractivity contribution >= 4 is 5.91 Å². The summed E-state index contributed by atoms with van der Waals surface area (Å²) >= 11 is 0. The fourth-order valence-corrected chi connectivity index (χ4v) is 3.30. The molecule has 1 heterocycles. The molecule has 4 nitrogen and oxygen atoms in total. The second-order valence-electron chi connectivity index (χ2n) is 5.25. The van der Waals surface area contributed by atoms with Gasteiger partial charge in [0, 0.05) is 12.6 Å². The van der Waals surface area contributed by atoms with E-state index >= 15 is 0 Å². The maximum Gasteiger partial charge on any atom is 0.240 e. The smallest absolute Gasteiger partial charge is 0.240 e. The van der Waals surface area contributed by atoms with Crippen LogP contribution in [-0.2, 0) is 4.79 Å². The molecule has 0 radical (unpaired) electrons. The Labute approximate surface area is 103 Å².